The third-order valence-electron chi connectivity index (χ3n) is 3.35. The van der Waals surface area contributed by atoms with E-state index in [0.717, 1.165) is 19.6 Å². The lowest BCUT2D eigenvalue weighted by atomic mass is 10.1. The van der Waals surface area contributed by atoms with Gasteiger partial charge in [-0.15, -0.1) is 0 Å². The normalized spacial score (nSPS) is 14.3. The maximum Gasteiger partial charge on any atom is 0.0206 e. The molecule has 0 amide bonds. The predicted octanol–water partition coefficient (Wildman–Crippen LogP) is 2.26. The van der Waals surface area contributed by atoms with Crippen LogP contribution >= 0.6 is 0 Å². The molecule has 1 aromatic carbocycles. The molecular weight excluding hydrogens is 208 g/mol. The van der Waals surface area contributed by atoms with Gasteiger partial charge in [0.25, 0.3) is 0 Å². The summed E-state index contributed by atoms with van der Waals surface area (Å²) in [6, 6.07) is 7.54. The van der Waals surface area contributed by atoms with Gasteiger partial charge in [0.15, 0.2) is 0 Å². The smallest absolute Gasteiger partial charge is 0.0206 e. The number of benzene rings is 1. The van der Waals surface area contributed by atoms with Crippen LogP contribution in [-0.4, -0.2) is 19.1 Å². The van der Waals surface area contributed by atoms with E-state index in [1.165, 1.54) is 24.8 Å². The first kappa shape index (κ1) is 12.6. The van der Waals surface area contributed by atoms with Crippen molar-refractivity contribution in [3.05, 3.63) is 34.9 Å². The first-order valence-electron chi connectivity index (χ1n) is 6.80. The fraction of sp³-hybridized carbons (Fsp3) is 0.600. The quantitative estimate of drug-likeness (QED) is 0.735. The summed E-state index contributed by atoms with van der Waals surface area (Å²) in [6.45, 7) is 7.44. The van der Waals surface area contributed by atoms with Gasteiger partial charge in [0.2, 0.25) is 0 Å². The molecule has 2 nitrogen and oxygen atoms in total. The van der Waals surface area contributed by atoms with Crippen molar-refractivity contribution in [2.45, 2.75) is 45.7 Å². The zero-order valence-corrected chi connectivity index (χ0v) is 11.1. The molecule has 0 unspecified atom stereocenters. The van der Waals surface area contributed by atoms with Crippen LogP contribution in [0.2, 0.25) is 0 Å². The molecule has 2 N–H and O–H groups in total. The van der Waals surface area contributed by atoms with E-state index in [1.54, 1.807) is 11.1 Å². The molecule has 0 saturated heterocycles. The maximum atomic E-state index is 3.49. The molecule has 0 aliphatic heterocycles. The standard InChI is InChI=1S/C15H24N2/c1-12(2)17-9-8-16-11-13-6-7-14-4-3-5-15(14)10-13/h6-7,10,12,16-17H,3-5,8-9,11H2,1-2H3. The summed E-state index contributed by atoms with van der Waals surface area (Å²) < 4.78 is 0. The number of fused-ring (bicyclic) bond motifs is 1. The van der Waals surface area contributed by atoms with E-state index in [-0.39, 0.29) is 0 Å². The topological polar surface area (TPSA) is 24.1 Å². The molecule has 0 fully saturated rings. The van der Waals surface area contributed by atoms with E-state index < -0.39 is 0 Å². The van der Waals surface area contributed by atoms with Crippen LogP contribution in [0.15, 0.2) is 18.2 Å². The molecule has 0 spiro atoms. The van der Waals surface area contributed by atoms with Crippen LogP contribution in [0.5, 0.6) is 0 Å². The van der Waals surface area contributed by atoms with Gasteiger partial charge in [0.1, 0.15) is 0 Å². The van der Waals surface area contributed by atoms with E-state index in [4.69, 9.17) is 0 Å². The highest BCUT2D eigenvalue weighted by molar-refractivity contribution is 5.35. The van der Waals surface area contributed by atoms with Crippen LogP contribution in [-0.2, 0) is 19.4 Å². The Morgan fingerprint density at radius 2 is 1.94 bits per heavy atom. The number of nitrogens with one attached hydrogen (secondary N) is 2. The molecule has 2 heteroatoms. The Labute approximate surface area is 105 Å². The molecule has 2 rings (SSSR count). The fourth-order valence-electron chi connectivity index (χ4n) is 2.42. The molecular formula is C15H24N2. The third-order valence-corrected chi connectivity index (χ3v) is 3.35. The van der Waals surface area contributed by atoms with Crippen LogP contribution in [0.4, 0.5) is 0 Å². The van der Waals surface area contributed by atoms with Crippen molar-refractivity contribution in [3.8, 4) is 0 Å². The van der Waals surface area contributed by atoms with Crippen molar-refractivity contribution in [1.82, 2.24) is 10.6 Å². The van der Waals surface area contributed by atoms with Crippen molar-refractivity contribution in [1.29, 1.82) is 0 Å². The minimum absolute atomic E-state index is 0.580. The Balaban J connectivity index is 1.72. The van der Waals surface area contributed by atoms with E-state index in [9.17, 15) is 0 Å². The lowest BCUT2D eigenvalue weighted by Gasteiger charge is -2.10. The monoisotopic (exact) mass is 232 g/mol. The zero-order chi connectivity index (χ0) is 12.1. The Morgan fingerprint density at radius 1 is 1.12 bits per heavy atom. The minimum Gasteiger partial charge on any atom is -0.313 e. The lowest BCUT2D eigenvalue weighted by molar-refractivity contribution is 0.555. The second-order valence-electron chi connectivity index (χ2n) is 5.24. The summed E-state index contributed by atoms with van der Waals surface area (Å²) >= 11 is 0. The second kappa shape index (κ2) is 6.18. The highest BCUT2D eigenvalue weighted by Gasteiger charge is 2.10. The van der Waals surface area contributed by atoms with Crippen molar-refractivity contribution < 1.29 is 0 Å². The van der Waals surface area contributed by atoms with Crippen molar-refractivity contribution in [2.75, 3.05) is 13.1 Å². The summed E-state index contributed by atoms with van der Waals surface area (Å²) in [7, 11) is 0. The van der Waals surface area contributed by atoms with Crippen molar-refractivity contribution >= 4 is 0 Å². The summed E-state index contributed by atoms with van der Waals surface area (Å²) in [5, 5.41) is 6.90. The Hall–Kier alpha value is -0.860. The van der Waals surface area contributed by atoms with Gasteiger partial charge >= 0.3 is 0 Å². The predicted molar refractivity (Wildman–Crippen MR) is 73.3 cm³/mol. The summed E-state index contributed by atoms with van der Waals surface area (Å²) in [5.41, 5.74) is 4.56. The van der Waals surface area contributed by atoms with E-state index in [1.807, 2.05) is 0 Å². The van der Waals surface area contributed by atoms with Gasteiger partial charge in [-0.3, -0.25) is 0 Å². The van der Waals surface area contributed by atoms with Gasteiger partial charge in [-0.1, -0.05) is 32.0 Å². The average Bonchev–Trinajstić information content (AvgIpc) is 2.75. The number of hydrogen-bond acceptors (Lipinski definition) is 2. The average molecular weight is 232 g/mol. The van der Waals surface area contributed by atoms with Gasteiger partial charge in [-0.2, -0.15) is 0 Å². The molecule has 94 valence electrons. The van der Waals surface area contributed by atoms with E-state index in [2.05, 4.69) is 42.7 Å². The summed E-state index contributed by atoms with van der Waals surface area (Å²) in [4.78, 5) is 0. The van der Waals surface area contributed by atoms with Crippen molar-refractivity contribution in [3.63, 3.8) is 0 Å². The molecule has 0 atom stereocenters. The highest BCUT2D eigenvalue weighted by Crippen LogP contribution is 2.22. The van der Waals surface area contributed by atoms with Gasteiger partial charge in [0, 0.05) is 25.7 Å². The summed E-state index contributed by atoms with van der Waals surface area (Å²) in [5.74, 6) is 0. The summed E-state index contributed by atoms with van der Waals surface area (Å²) in [6.07, 6.45) is 3.89. The Bertz CT molecular complexity index is 358. The molecule has 0 bridgehead atoms. The Kier molecular flexibility index (Phi) is 4.57. The zero-order valence-electron chi connectivity index (χ0n) is 11.1. The van der Waals surface area contributed by atoms with Crippen molar-refractivity contribution in [2.24, 2.45) is 0 Å². The Morgan fingerprint density at radius 3 is 2.76 bits per heavy atom. The minimum atomic E-state index is 0.580. The van der Waals surface area contributed by atoms with E-state index in [0.29, 0.717) is 6.04 Å². The lowest BCUT2D eigenvalue weighted by Crippen LogP contribution is -2.31. The largest absolute Gasteiger partial charge is 0.313 e. The number of rotatable bonds is 6. The maximum absolute atomic E-state index is 3.49. The molecule has 0 saturated carbocycles. The molecule has 0 aromatic heterocycles. The third kappa shape index (κ3) is 3.83. The van der Waals surface area contributed by atoms with E-state index >= 15 is 0 Å². The van der Waals surface area contributed by atoms with Crippen LogP contribution in [0.1, 0.15) is 37.0 Å². The van der Waals surface area contributed by atoms with Crippen LogP contribution in [0.3, 0.4) is 0 Å². The SMILES string of the molecule is CC(C)NCCNCc1ccc2c(c1)CCC2. The van der Waals surface area contributed by atoms with Gasteiger partial charge in [-0.05, 0) is 36.0 Å². The second-order valence-corrected chi connectivity index (χ2v) is 5.24. The molecule has 1 aliphatic carbocycles. The van der Waals surface area contributed by atoms with Gasteiger partial charge in [0.05, 0.1) is 0 Å². The van der Waals surface area contributed by atoms with Crippen LogP contribution < -0.4 is 10.6 Å². The first-order chi connectivity index (χ1) is 8.25. The first-order valence-corrected chi connectivity index (χ1v) is 6.80. The molecule has 1 aliphatic rings. The van der Waals surface area contributed by atoms with Gasteiger partial charge < -0.3 is 10.6 Å². The van der Waals surface area contributed by atoms with Gasteiger partial charge in [-0.25, -0.2) is 0 Å². The number of aryl methyl sites for hydroxylation is 2. The molecule has 0 radical (unpaired) electrons. The highest BCUT2D eigenvalue weighted by atomic mass is 15.0. The molecule has 17 heavy (non-hydrogen) atoms. The number of hydrogen-bond donors (Lipinski definition) is 2. The molecule has 1 aromatic rings. The fourth-order valence-corrected chi connectivity index (χ4v) is 2.42. The molecule has 0 heterocycles. The van der Waals surface area contributed by atoms with Crippen LogP contribution in [0, 0.1) is 0 Å². The van der Waals surface area contributed by atoms with Crippen LogP contribution in [0.25, 0.3) is 0 Å².